The molecule has 5 nitrogen and oxygen atoms in total. The van der Waals surface area contributed by atoms with Crippen LogP contribution < -0.4 is 11.3 Å². The average Bonchev–Trinajstić information content (AvgIpc) is 2.99. The van der Waals surface area contributed by atoms with E-state index in [0.717, 1.165) is 30.0 Å². The van der Waals surface area contributed by atoms with Crippen LogP contribution >= 0.6 is 0 Å². The van der Waals surface area contributed by atoms with Crippen molar-refractivity contribution in [3.63, 3.8) is 0 Å². The standard InChI is InChI=1S/C12H18N4O/c1-3-10-5-6-11(17-10)12(15-13)9-7-14-16(4-2)8-9/h5-8,12,15H,3-4,13H2,1-2H3. The lowest BCUT2D eigenvalue weighted by Crippen LogP contribution is -2.28. The van der Waals surface area contributed by atoms with Gasteiger partial charge in [-0.2, -0.15) is 5.10 Å². The highest BCUT2D eigenvalue weighted by Gasteiger charge is 2.17. The summed E-state index contributed by atoms with van der Waals surface area (Å²) in [5.41, 5.74) is 3.77. The third-order valence-electron chi connectivity index (χ3n) is 2.79. The van der Waals surface area contributed by atoms with Gasteiger partial charge in [-0.25, -0.2) is 5.43 Å². The van der Waals surface area contributed by atoms with Crippen LogP contribution in [0.15, 0.2) is 28.9 Å². The average molecular weight is 234 g/mol. The van der Waals surface area contributed by atoms with Crippen molar-refractivity contribution < 1.29 is 4.42 Å². The lowest BCUT2D eigenvalue weighted by Gasteiger charge is -2.10. The van der Waals surface area contributed by atoms with E-state index in [1.807, 2.05) is 36.1 Å². The molecule has 2 aromatic rings. The molecule has 1 atom stereocenters. The van der Waals surface area contributed by atoms with Crippen molar-refractivity contribution in [3.05, 3.63) is 41.6 Å². The van der Waals surface area contributed by atoms with Crippen molar-refractivity contribution in [2.24, 2.45) is 5.84 Å². The molecule has 0 fully saturated rings. The van der Waals surface area contributed by atoms with E-state index in [9.17, 15) is 0 Å². The summed E-state index contributed by atoms with van der Waals surface area (Å²) in [4.78, 5) is 0. The molecule has 1 unspecified atom stereocenters. The number of aromatic nitrogens is 2. The Hall–Kier alpha value is -1.59. The largest absolute Gasteiger partial charge is 0.464 e. The van der Waals surface area contributed by atoms with E-state index in [4.69, 9.17) is 10.3 Å². The maximum atomic E-state index is 5.70. The maximum absolute atomic E-state index is 5.70. The highest BCUT2D eigenvalue weighted by Crippen LogP contribution is 2.23. The molecule has 17 heavy (non-hydrogen) atoms. The molecule has 0 spiro atoms. The van der Waals surface area contributed by atoms with Crippen molar-refractivity contribution in [1.82, 2.24) is 15.2 Å². The zero-order chi connectivity index (χ0) is 12.3. The molecule has 92 valence electrons. The van der Waals surface area contributed by atoms with Crippen LogP contribution in [0.2, 0.25) is 0 Å². The molecule has 0 saturated carbocycles. The van der Waals surface area contributed by atoms with Gasteiger partial charge >= 0.3 is 0 Å². The summed E-state index contributed by atoms with van der Waals surface area (Å²) in [7, 11) is 0. The van der Waals surface area contributed by atoms with Gasteiger partial charge in [0.05, 0.1) is 6.20 Å². The number of nitrogens with two attached hydrogens (primary N) is 1. The van der Waals surface area contributed by atoms with Crippen molar-refractivity contribution in [1.29, 1.82) is 0 Å². The van der Waals surface area contributed by atoms with Crippen LogP contribution in [0.25, 0.3) is 0 Å². The van der Waals surface area contributed by atoms with Gasteiger partial charge in [0, 0.05) is 24.7 Å². The number of nitrogens with zero attached hydrogens (tertiary/aromatic N) is 2. The number of hydrazine groups is 1. The van der Waals surface area contributed by atoms with Crippen molar-refractivity contribution in [2.45, 2.75) is 32.9 Å². The second-order valence-electron chi connectivity index (χ2n) is 3.89. The first-order valence-electron chi connectivity index (χ1n) is 5.85. The third-order valence-corrected chi connectivity index (χ3v) is 2.79. The van der Waals surface area contributed by atoms with Crippen molar-refractivity contribution >= 4 is 0 Å². The lowest BCUT2D eigenvalue weighted by atomic mass is 10.1. The first-order chi connectivity index (χ1) is 8.28. The molecule has 0 saturated heterocycles. The molecule has 3 N–H and O–H groups in total. The second kappa shape index (κ2) is 5.16. The Morgan fingerprint density at radius 2 is 2.29 bits per heavy atom. The van der Waals surface area contributed by atoms with Gasteiger partial charge in [0.2, 0.25) is 0 Å². The lowest BCUT2D eigenvalue weighted by molar-refractivity contribution is 0.425. The number of nitrogens with one attached hydrogen (secondary N) is 1. The number of hydrogen-bond donors (Lipinski definition) is 2. The van der Waals surface area contributed by atoms with Gasteiger partial charge in [0.15, 0.2) is 0 Å². The van der Waals surface area contributed by atoms with Crippen LogP contribution in [-0.4, -0.2) is 9.78 Å². The fourth-order valence-corrected chi connectivity index (χ4v) is 1.78. The molecule has 0 radical (unpaired) electrons. The summed E-state index contributed by atoms with van der Waals surface area (Å²) < 4.78 is 7.57. The van der Waals surface area contributed by atoms with Gasteiger partial charge in [0.25, 0.3) is 0 Å². The second-order valence-corrected chi connectivity index (χ2v) is 3.89. The molecule has 2 aromatic heterocycles. The Morgan fingerprint density at radius 3 is 2.82 bits per heavy atom. The minimum atomic E-state index is -0.143. The summed E-state index contributed by atoms with van der Waals surface area (Å²) in [5, 5.41) is 4.24. The van der Waals surface area contributed by atoms with Gasteiger partial charge in [-0.3, -0.25) is 10.5 Å². The monoisotopic (exact) mass is 234 g/mol. The molecular formula is C12H18N4O. The zero-order valence-corrected chi connectivity index (χ0v) is 10.2. The van der Waals surface area contributed by atoms with E-state index in [2.05, 4.69) is 17.4 Å². The fourth-order valence-electron chi connectivity index (χ4n) is 1.78. The molecule has 2 rings (SSSR count). The van der Waals surface area contributed by atoms with Crippen molar-refractivity contribution in [2.75, 3.05) is 0 Å². The maximum Gasteiger partial charge on any atom is 0.127 e. The minimum absolute atomic E-state index is 0.143. The molecule has 0 aliphatic carbocycles. The predicted molar refractivity (Wildman–Crippen MR) is 65.2 cm³/mol. The summed E-state index contributed by atoms with van der Waals surface area (Å²) >= 11 is 0. The van der Waals surface area contributed by atoms with Crippen LogP contribution in [0.5, 0.6) is 0 Å². The summed E-state index contributed by atoms with van der Waals surface area (Å²) in [5.74, 6) is 7.37. The SMILES string of the molecule is CCc1ccc(C(NN)c2cnn(CC)c2)o1. The Labute approximate surface area is 101 Å². The summed E-state index contributed by atoms with van der Waals surface area (Å²) in [6, 6.07) is 3.78. The summed E-state index contributed by atoms with van der Waals surface area (Å²) in [6.45, 7) is 4.95. The predicted octanol–water partition coefficient (Wildman–Crippen LogP) is 1.61. The van der Waals surface area contributed by atoms with E-state index >= 15 is 0 Å². The van der Waals surface area contributed by atoms with Crippen LogP contribution in [0.4, 0.5) is 0 Å². The van der Waals surface area contributed by atoms with E-state index in [1.54, 1.807) is 0 Å². The Morgan fingerprint density at radius 1 is 1.47 bits per heavy atom. The van der Waals surface area contributed by atoms with Crippen LogP contribution in [0.3, 0.4) is 0 Å². The van der Waals surface area contributed by atoms with Crippen molar-refractivity contribution in [3.8, 4) is 0 Å². The zero-order valence-electron chi connectivity index (χ0n) is 10.2. The van der Waals surface area contributed by atoms with Crippen LogP contribution in [0.1, 0.15) is 37.0 Å². The van der Waals surface area contributed by atoms with Crippen LogP contribution in [0, 0.1) is 0 Å². The smallest absolute Gasteiger partial charge is 0.127 e. The highest BCUT2D eigenvalue weighted by molar-refractivity contribution is 5.23. The quantitative estimate of drug-likeness (QED) is 0.609. The molecule has 0 amide bonds. The normalized spacial score (nSPS) is 12.9. The molecule has 0 bridgehead atoms. The number of rotatable bonds is 5. The van der Waals surface area contributed by atoms with E-state index in [1.165, 1.54) is 0 Å². The Balaban J connectivity index is 2.26. The summed E-state index contributed by atoms with van der Waals surface area (Å²) in [6.07, 6.45) is 4.66. The number of hydrogen-bond acceptors (Lipinski definition) is 4. The van der Waals surface area contributed by atoms with Crippen LogP contribution in [-0.2, 0) is 13.0 Å². The van der Waals surface area contributed by atoms with Gasteiger partial charge in [-0.05, 0) is 19.1 Å². The van der Waals surface area contributed by atoms with E-state index in [-0.39, 0.29) is 6.04 Å². The molecule has 2 heterocycles. The molecule has 5 heteroatoms. The first-order valence-corrected chi connectivity index (χ1v) is 5.85. The van der Waals surface area contributed by atoms with Gasteiger partial charge < -0.3 is 4.42 Å². The topological polar surface area (TPSA) is 69.0 Å². The van der Waals surface area contributed by atoms with E-state index < -0.39 is 0 Å². The van der Waals surface area contributed by atoms with Gasteiger partial charge in [0.1, 0.15) is 17.6 Å². The van der Waals surface area contributed by atoms with Gasteiger partial charge in [-0.15, -0.1) is 0 Å². The molecular weight excluding hydrogens is 216 g/mol. The molecule has 0 aliphatic heterocycles. The molecule has 0 aliphatic rings. The Bertz CT molecular complexity index is 432. The van der Waals surface area contributed by atoms with Gasteiger partial charge in [-0.1, -0.05) is 6.92 Å². The van der Waals surface area contributed by atoms with E-state index in [0.29, 0.717) is 0 Å². The highest BCUT2D eigenvalue weighted by atomic mass is 16.3. The first kappa shape index (κ1) is 11.9. The number of aryl methyl sites for hydroxylation is 2. The Kier molecular flexibility index (Phi) is 3.61. The number of furan rings is 1. The fraction of sp³-hybridized carbons (Fsp3) is 0.417. The minimum Gasteiger partial charge on any atom is -0.464 e. The third kappa shape index (κ3) is 2.40. The molecule has 0 aromatic carbocycles.